The molecule has 0 aromatic heterocycles. The molecule has 0 saturated carbocycles. The van der Waals surface area contributed by atoms with Crippen LogP contribution in [0.3, 0.4) is 0 Å². The number of ether oxygens (including phenoxy) is 3. The minimum Gasteiger partial charge on any atom is -0.494 e. The summed E-state index contributed by atoms with van der Waals surface area (Å²) in [4.78, 5) is 4.30. The van der Waals surface area contributed by atoms with Gasteiger partial charge in [-0.2, -0.15) is 0 Å². The third-order valence-corrected chi connectivity index (χ3v) is 5.12. The quantitative estimate of drug-likeness (QED) is 0.501. The maximum absolute atomic E-state index is 14.0. The van der Waals surface area contributed by atoms with Gasteiger partial charge in [-0.05, 0) is 42.3 Å². The topological polar surface area (TPSA) is 64.1 Å². The van der Waals surface area contributed by atoms with Crippen molar-refractivity contribution in [3.05, 3.63) is 53.3 Å². The molecule has 2 aromatic carbocycles. The summed E-state index contributed by atoms with van der Waals surface area (Å²) < 4.78 is 29.8. The smallest absolute Gasteiger partial charge is 0.191 e. The normalized spacial score (nSPS) is 12.9. The molecule has 0 aliphatic rings. The van der Waals surface area contributed by atoms with Gasteiger partial charge in [0.15, 0.2) is 29.0 Å². The van der Waals surface area contributed by atoms with Crippen LogP contribution in [0.4, 0.5) is 4.39 Å². The summed E-state index contributed by atoms with van der Waals surface area (Å²) in [6.45, 7) is 6.85. The molecule has 0 aliphatic heterocycles. The Morgan fingerprint density at radius 3 is 2.20 bits per heavy atom. The SMILES string of the molecule is CN=C(NCC(C)(C)c1ccc(OC)c(OC)c1)NC(C)c1ccc(OC)c(F)c1. The molecule has 30 heavy (non-hydrogen) atoms. The molecule has 7 heteroatoms. The third-order valence-electron chi connectivity index (χ3n) is 5.12. The number of hydrogen-bond acceptors (Lipinski definition) is 4. The summed E-state index contributed by atoms with van der Waals surface area (Å²) in [6.07, 6.45) is 0. The number of aliphatic imine (C=N–C) groups is 1. The van der Waals surface area contributed by atoms with E-state index in [1.165, 1.54) is 13.2 Å². The highest BCUT2D eigenvalue weighted by Gasteiger charge is 2.23. The second-order valence-corrected chi connectivity index (χ2v) is 7.64. The molecule has 1 atom stereocenters. The van der Waals surface area contributed by atoms with Crippen molar-refractivity contribution in [2.45, 2.75) is 32.2 Å². The van der Waals surface area contributed by atoms with Crippen molar-refractivity contribution in [3.8, 4) is 17.2 Å². The first-order valence-electron chi connectivity index (χ1n) is 9.78. The van der Waals surface area contributed by atoms with E-state index in [4.69, 9.17) is 14.2 Å². The summed E-state index contributed by atoms with van der Waals surface area (Å²) in [5.74, 6) is 1.86. The van der Waals surface area contributed by atoms with Gasteiger partial charge in [-0.25, -0.2) is 4.39 Å². The van der Waals surface area contributed by atoms with Crippen LogP contribution in [0.1, 0.15) is 37.9 Å². The predicted molar refractivity (Wildman–Crippen MR) is 118 cm³/mol. The summed E-state index contributed by atoms with van der Waals surface area (Å²) in [5.41, 5.74) is 1.70. The first-order chi connectivity index (χ1) is 14.2. The molecule has 0 bridgehead atoms. The average Bonchev–Trinajstić information content (AvgIpc) is 2.75. The van der Waals surface area contributed by atoms with Crippen molar-refractivity contribution in [2.75, 3.05) is 34.9 Å². The number of halogens is 1. The van der Waals surface area contributed by atoms with Crippen molar-refractivity contribution in [1.29, 1.82) is 0 Å². The molecule has 0 amide bonds. The van der Waals surface area contributed by atoms with E-state index in [2.05, 4.69) is 29.5 Å². The molecule has 2 aromatic rings. The Hall–Kier alpha value is -2.96. The van der Waals surface area contributed by atoms with Crippen LogP contribution in [-0.2, 0) is 5.41 Å². The Kier molecular flexibility index (Phi) is 7.92. The zero-order valence-corrected chi connectivity index (χ0v) is 18.8. The van der Waals surface area contributed by atoms with Crippen molar-refractivity contribution < 1.29 is 18.6 Å². The largest absolute Gasteiger partial charge is 0.494 e. The maximum atomic E-state index is 14.0. The number of nitrogens with zero attached hydrogens (tertiary/aromatic N) is 1. The highest BCUT2D eigenvalue weighted by molar-refractivity contribution is 5.80. The van der Waals surface area contributed by atoms with Gasteiger partial charge in [0, 0.05) is 19.0 Å². The van der Waals surface area contributed by atoms with Gasteiger partial charge in [0.2, 0.25) is 0 Å². The van der Waals surface area contributed by atoms with Gasteiger partial charge < -0.3 is 24.8 Å². The van der Waals surface area contributed by atoms with Crippen LogP contribution in [0.5, 0.6) is 17.2 Å². The molecule has 6 nitrogen and oxygen atoms in total. The van der Waals surface area contributed by atoms with E-state index in [-0.39, 0.29) is 23.0 Å². The van der Waals surface area contributed by atoms with E-state index < -0.39 is 0 Å². The molecular weight excluding hydrogens is 385 g/mol. The molecule has 0 saturated heterocycles. The highest BCUT2D eigenvalue weighted by Crippen LogP contribution is 2.33. The summed E-state index contributed by atoms with van der Waals surface area (Å²) in [5, 5.41) is 6.66. The fourth-order valence-corrected chi connectivity index (χ4v) is 3.10. The van der Waals surface area contributed by atoms with Crippen molar-refractivity contribution >= 4 is 5.96 Å². The molecule has 1 unspecified atom stereocenters. The fraction of sp³-hybridized carbons (Fsp3) is 0.435. The number of rotatable bonds is 8. The second-order valence-electron chi connectivity index (χ2n) is 7.64. The van der Waals surface area contributed by atoms with Crippen LogP contribution in [0.2, 0.25) is 0 Å². The van der Waals surface area contributed by atoms with E-state index >= 15 is 0 Å². The van der Waals surface area contributed by atoms with Gasteiger partial charge in [-0.3, -0.25) is 4.99 Å². The second kappa shape index (κ2) is 10.2. The number of methoxy groups -OCH3 is 3. The molecule has 2 rings (SSSR count). The van der Waals surface area contributed by atoms with E-state index in [9.17, 15) is 4.39 Å². The standard InChI is InChI=1S/C23H32FN3O3/c1-15(16-8-10-19(28-5)18(24)12-16)27-22(25-4)26-14-23(2,3)17-9-11-20(29-6)21(13-17)30-7/h8-13,15H,14H2,1-7H3,(H2,25,26,27). The van der Waals surface area contributed by atoms with Crippen LogP contribution in [0.15, 0.2) is 41.4 Å². The fourth-order valence-electron chi connectivity index (χ4n) is 3.10. The van der Waals surface area contributed by atoms with E-state index in [1.54, 1.807) is 27.3 Å². The minimum atomic E-state index is -0.388. The molecule has 0 fully saturated rings. The Morgan fingerprint density at radius 1 is 1.00 bits per heavy atom. The van der Waals surface area contributed by atoms with E-state index in [0.29, 0.717) is 24.0 Å². The summed E-state index contributed by atoms with van der Waals surface area (Å²) >= 11 is 0. The maximum Gasteiger partial charge on any atom is 0.191 e. The minimum absolute atomic E-state index is 0.138. The summed E-state index contributed by atoms with van der Waals surface area (Å²) in [6, 6.07) is 10.7. The monoisotopic (exact) mass is 417 g/mol. The zero-order chi connectivity index (χ0) is 22.3. The Bertz CT molecular complexity index is 884. The van der Waals surface area contributed by atoms with E-state index in [1.807, 2.05) is 31.2 Å². The Morgan fingerprint density at radius 2 is 1.63 bits per heavy atom. The zero-order valence-electron chi connectivity index (χ0n) is 18.8. The average molecular weight is 418 g/mol. The van der Waals surface area contributed by atoms with Gasteiger partial charge in [-0.1, -0.05) is 26.0 Å². The number of benzene rings is 2. The van der Waals surface area contributed by atoms with Crippen LogP contribution >= 0.6 is 0 Å². The van der Waals surface area contributed by atoms with E-state index in [0.717, 1.165) is 11.1 Å². The molecule has 0 aliphatic carbocycles. The van der Waals surface area contributed by atoms with Crippen LogP contribution in [0, 0.1) is 5.82 Å². The Labute approximate surface area is 178 Å². The predicted octanol–water partition coefficient (Wildman–Crippen LogP) is 4.06. The number of guanidine groups is 1. The van der Waals surface area contributed by atoms with Gasteiger partial charge in [0.25, 0.3) is 0 Å². The van der Waals surface area contributed by atoms with Gasteiger partial charge in [0.05, 0.1) is 27.4 Å². The lowest BCUT2D eigenvalue weighted by Gasteiger charge is -2.28. The van der Waals surface area contributed by atoms with Crippen LogP contribution in [-0.4, -0.2) is 40.9 Å². The molecular formula is C23H32FN3O3. The van der Waals surface area contributed by atoms with Crippen molar-refractivity contribution in [3.63, 3.8) is 0 Å². The lowest BCUT2D eigenvalue weighted by molar-refractivity contribution is 0.353. The molecule has 164 valence electrons. The number of hydrogen-bond donors (Lipinski definition) is 2. The third kappa shape index (κ3) is 5.55. The molecule has 0 heterocycles. The number of nitrogens with one attached hydrogen (secondary N) is 2. The molecule has 2 N–H and O–H groups in total. The van der Waals surface area contributed by atoms with Crippen LogP contribution in [0.25, 0.3) is 0 Å². The first kappa shape index (κ1) is 23.3. The van der Waals surface area contributed by atoms with Gasteiger partial charge >= 0.3 is 0 Å². The first-order valence-corrected chi connectivity index (χ1v) is 9.78. The molecule has 0 radical (unpaired) electrons. The summed E-state index contributed by atoms with van der Waals surface area (Å²) in [7, 11) is 6.41. The lowest BCUT2D eigenvalue weighted by Crippen LogP contribution is -2.44. The lowest BCUT2D eigenvalue weighted by atomic mass is 9.84. The van der Waals surface area contributed by atoms with Gasteiger partial charge in [-0.15, -0.1) is 0 Å². The van der Waals surface area contributed by atoms with Crippen LogP contribution < -0.4 is 24.8 Å². The Balaban J connectivity index is 2.06. The van der Waals surface area contributed by atoms with Crippen molar-refractivity contribution in [2.24, 2.45) is 4.99 Å². The highest BCUT2D eigenvalue weighted by atomic mass is 19.1. The van der Waals surface area contributed by atoms with Crippen molar-refractivity contribution in [1.82, 2.24) is 10.6 Å². The molecule has 0 spiro atoms. The van der Waals surface area contributed by atoms with Gasteiger partial charge in [0.1, 0.15) is 0 Å².